The number of rotatable bonds is 9. The predicted molar refractivity (Wildman–Crippen MR) is 156 cm³/mol. The molecule has 1 amide bonds. The largest absolute Gasteiger partial charge is 0.489 e. The molecule has 1 saturated carbocycles. The number of aromatic nitrogens is 1. The average Bonchev–Trinajstić information content (AvgIpc) is 3.74. The van der Waals surface area contributed by atoms with Crippen molar-refractivity contribution in [1.82, 2.24) is 9.88 Å². The fourth-order valence-corrected chi connectivity index (χ4v) is 5.28. The van der Waals surface area contributed by atoms with Gasteiger partial charge in [-0.15, -0.1) is 0 Å². The molecule has 1 fully saturated rings. The molecule has 0 aliphatic heterocycles. The lowest BCUT2D eigenvalue weighted by molar-refractivity contribution is 0.0951. The first-order valence-electron chi connectivity index (χ1n) is 13.6. The van der Waals surface area contributed by atoms with E-state index in [9.17, 15) is 4.79 Å². The number of aryl methyl sites for hydroxylation is 1. The number of halogens is 1. The highest BCUT2D eigenvalue weighted by Gasteiger charge is 2.30. The summed E-state index contributed by atoms with van der Waals surface area (Å²) in [6, 6.07) is 20.5. The van der Waals surface area contributed by atoms with Gasteiger partial charge in [-0.05, 0) is 98.0 Å². The third-order valence-corrected chi connectivity index (χ3v) is 8.22. The van der Waals surface area contributed by atoms with Crippen molar-refractivity contribution in [3.8, 4) is 5.75 Å². The molecule has 1 aromatic heterocycles. The quantitative estimate of drug-likeness (QED) is 0.238. The van der Waals surface area contributed by atoms with Crippen molar-refractivity contribution in [3.05, 3.63) is 99.2 Å². The van der Waals surface area contributed by atoms with E-state index < -0.39 is 0 Å². The fourth-order valence-electron chi connectivity index (χ4n) is 5.12. The normalized spacial score (nSPS) is 14.2. The molecule has 1 unspecified atom stereocenters. The van der Waals surface area contributed by atoms with E-state index in [4.69, 9.17) is 16.3 Å². The van der Waals surface area contributed by atoms with Gasteiger partial charge in [0, 0.05) is 35.2 Å². The molecule has 1 N–H and O–H groups in total. The maximum Gasteiger partial charge on any atom is 0.251 e. The summed E-state index contributed by atoms with van der Waals surface area (Å²) < 4.78 is 8.51. The van der Waals surface area contributed by atoms with Crippen LogP contribution < -0.4 is 10.1 Å². The molecule has 1 heterocycles. The van der Waals surface area contributed by atoms with E-state index in [1.54, 1.807) is 0 Å². The molecule has 3 aromatic carbocycles. The van der Waals surface area contributed by atoms with Gasteiger partial charge < -0.3 is 14.6 Å². The topological polar surface area (TPSA) is 43.3 Å². The first-order valence-corrected chi connectivity index (χ1v) is 14.0. The molecule has 0 bridgehead atoms. The number of carbonyl (C=O) groups excluding carboxylic acids is 1. The van der Waals surface area contributed by atoms with Crippen LogP contribution >= 0.6 is 11.6 Å². The molecule has 198 valence electrons. The monoisotopic (exact) mass is 528 g/mol. The molecule has 5 heteroatoms. The Morgan fingerprint density at radius 2 is 1.82 bits per heavy atom. The minimum Gasteiger partial charge on any atom is -0.489 e. The van der Waals surface area contributed by atoms with Crippen LogP contribution in [0, 0.1) is 19.8 Å². The van der Waals surface area contributed by atoms with Crippen molar-refractivity contribution in [2.75, 3.05) is 0 Å². The van der Waals surface area contributed by atoms with Gasteiger partial charge in [-0.25, -0.2) is 0 Å². The van der Waals surface area contributed by atoms with E-state index in [-0.39, 0.29) is 12.0 Å². The van der Waals surface area contributed by atoms with Crippen molar-refractivity contribution in [2.45, 2.75) is 72.6 Å². The predicted octanol–water partition coefficient (Wildman–Crippen LogP) is 8.19. The van der Waals surface area contributed by atoms with Crippen LogP contribution in [0.4, 0.5) is 0 Å². The van der Waals surface area contributed by atoms with Crippen LogP contribution in [0.15, 0.2) is 60.7 Å². The summed E-state index contributed by atoms with van der Waals surface area (Å²) in [4.78, 5) is 13.0. The number of hydrogen-bond acceptors (Lipinski definition) is 2. The van der Waals surface area contributed by atoms with Gasteiger partial charge in [0.15, 0.2) is 0 Å². The van der Waals surface area contributed by atoms with Gasteiger partial charge in [-0.3, -0.25) is 4.79 Å². The molecule has 1 atom stereocenters. The van der Waals surface area contributed by atoms with Gasteiger partial charge in [-0.2, -0.15) is 0 Å². The number of benzene rings is 3. The van der Waals surface area contributed by atoms with Crippen molar-refractivity contribution < 1.29 is 9.53 Å². The maximum atomic E-state index is 13.0. The minimum atomic E-state index is -0.0593. The van der Waals surface area contributed by atoms with Crippen LogP contribution in [0.5, 0.6) is 5.75 Å². The van der Waals surface area contributed by atoms with E-state index in [0.29, 0.717) is 35.5 Å². The first kappa shape index (κ1) is 26.4. The molecule has 0 radical (unpaired) electrons. The van der Waals surface area contributed by atoms with Gasteiger partial charge >= 0.3 is 0 Å². The van der Waals surface area contributed by atoms with Crippen molar-refractivity contribution >= 4 is 28.4 Å². The molecule has 0 spiro atoms. The number of ether oxygens (including phenoxy) is 1. The number of nitrogens with one attached hydrogen (secondary N) is 1. The Hall–Kier alpha value is -3.24. The van der Waals surface area contributed by atoms with Gasteiger partial charge in [-0.1, -0.05) is 55.8 Å². The summed E-state index contributed by atoms with van der Waals surface area (Å²) >= 11 is 6.46. The second-order valence-corrected chi connectivity index (χ2v) is 11.4. The van der Waals surface area contributed by atoms with Crippen LogP contribution in [0.3, 0.4) is 0 Å². The molecule has 4 aromatic rings. The zero-order valence-corrected chi connectivity index (χ0v) is 23.7. The van der Waals surface area contributed by atoms with Crippen LogP contribution in [0.2, 0.25) is 5.02 Å². The standard InChI is InChI=1S/C33H37ClN2O2/c1-20(2)27-8-6-7-24(15-27)18-35-33(37)28-12-14-31-29(17-28)21(3)22(4)36(31)19-25-9-13-30(34)32(16-25)38-23(5)26-10-11-26/h6-9,12-17,20,23,26H,10-11,18-19H2,1-5H3,(H,35,37). The second kappa shape index (κ2) is 10.9. The van der Waals surface area contributed by atoms with E-state index >= 15 is 0 Å². The van der Waals surface area contributed by atoms with E-state index in [1.165, 1.54) is 29.7 Å². The second-order valence-electron chi connectivity index (χ2n) is 11.0. The molecule has 38 heavy (non-hydrogen) atoms. The maximum absolute atomic E-state index is 13.0. The van der Waals surface area contributed by atoms with E-state index in [0.717, 1.165) is 27.8 Å². The highest BCUT2D eigenvalue weighted by molar-refractivity contribution is 6.32. The number of fused-ring (bicyclic) bond motifs is 1. The molecular formula is C33H37ClN2O2. The van der Waals surface area contributed by atoms with Crippen LogP contribution in [0.25, 0.3) is 10.9 Å². The van der Waals surface area contributed by atoms with Crippen LogP contribution in [-0.4, -0.2) is 16.6 Å². The molecular weight excluding hydrogens is 492 g/mol. The average molecular weight is 529 g/mol. The van der Waals surface area contributed by atoms with E-state index in [2.05, 4.69) is 87.0 Å². The molecule has 4 nitrogen and oxygen atoms in total. The summed E-state index contributed by atoms with van der Waals surface area (Å²) in [5.74, 6) is 1.80. The Balaban J connectivity index is 1.34. The number of carbonyl (C=O) groups is 1. The lowest BCUT2D eigenvalue weighted by Crippen LogP contribution is -2.22. The van der Waals surface area contributed by atoms with Crippen molar-refractivity contribution in [3.63, 3.8) is 0 Å². The zero-order chi connectivity index (χ0) is 27.0. The Bertz CT molecular complexity index is 1480. The van der Waals surface area contributed by atoms with Gasteiger partial charge in [0.1, 0.15) is 5.75 Å². The Morgan fingerprint density at radius 3 is 2.55 bits per heavy atom. The summed E-state index contributed by atoms with van der Waals surface area (Å²) in [5.41, 5.74) is 7.69. The summed E-state index contributed by atoms with van der Waals surface area (Å²) in [7, 11) is 0. The number of nitrogens with zero attached hydrogens (tertiary/aromatic N) is 1. The third kappa shape index (κ3) is 5.61. The SMILES string of the molecule is Cc1c(C)n(Cc2ccc(Cl)c(OC(C)C3CC3)c2)c2ccc(C(=O)NCc3cccc(C(C)C)c3)cc12. The highest BCUT2D eigenvalue weighted by Crippen LogP contribution is 2.37. The zero-order valence-electron chi connectivity index (χ0n) is 23.0. The Kier molecular flexibility index (Phi) is 7.54. The lowest BCUT2D eigenvalue weighted by atomic mass is 10.0. The lowest BCUT2D eigenvalue weighted by Gasteiger charge is -2.17. The molecule has 1 aliphatic rings. The molecule has 5 rings (SSSR count). The Morgan fingerprint density at radius 1 is 1.03 bits per heavy atom. The molecule has 1 aliphatic carbocycles. The van der Waals surface area contributed by atoms with Crippen molar-refractivity contribution in [1.29, 1.82) is 0 Å². The summed E-state index contributed by atoms with van der Waals surface area (Å²) in [5, 5.41) is 4.85. The van der Waals surface area contributed by atoms with Gasteiger partial charge in [0.2, 0.25) is 0 Å². The van der Waals surface area contributed by atoms with Crippen LogP contribution in [-0.2, 0) is 13.1 Å². The van der Waals surface area contributed by atoms with Gasteiger partial charge in [0.05, 0.1) is 11.1 Å². The smallest absolute Gasteiger partial charge is 0.251 e. The third-order valence-electron chi connectivity index (χ3n) is 7.91. The Labute approximate surface area is 231 Å². The minimum absolute atomic E-state index is 0.0593. The fraction of sp³-hybridized carbons (Fsp3) is 0.364. The highest BCUT2D eigenvalue weighted by atomic mass is 35.5. The van der Waals surface area contributed by atoms with E-state index in [1.807, 2.05) is 18.2 Å². The number of amides is 1. The summed E-state index contributed by atoms with van der Waals surface area (Å²) in [6.45, 7) is 12.0. The van der Waals surface area contributed by atoms with Crippen LogP contribution in [0.1, 0.15) is 77.8 Å². The molecule has 0 saturated heterocycles. The van der Waals surface area contributed by atoms with Gasteiger partial charge in [0.25, 0.3) is 5.91 Å². The van der Waals surface area contributed by atoms with Crippen molar-refractivity contribution in [2.24, 2.45) is 5.92 Å². The summed E-state index contributed by atoms with van der Waals surface area (Å²) in [6.07, 6.45) is 2.65. The number of hydrogen-bond donors (Lipinski definition) is 1. The first-order chi connectivity index (χ1) is 18.2.